The number of hydrogen-bond acceptors (Lipinski definition) is 2. The van der Waals surface area contributed by atoms with Gasteiger partial charge in [0.1, 0.15) is 17.4 Å². The molecule has 0 amide bonds. The van der Waals surface area contributed by atoms with Crippen molar-refractivity contribution in [3.63, 3.8) is 0 Å². The van der Waals surface area contributed by atoms with Gasteiger partial charge in [-0.2, -0.15) is 8.78 Å². The molecule has 0 spiro atoms. The molecule has 2 atom stereocenters. The summed E-state index contributed by atoms with van der Waals surface area (Å²) < 4.78 is 46.4. The van der Waals surface area contributed by atoms with Crippen LogP contribution in [0, 0.1) is 5.82 Å². The maximum absolute atomic E-state index is 13.8. The zero-order valence-corrected chi connectivity index (χ0v) is 14.8. The number of fused-ring (bicyclic) bond motifs is 3. The number of benzene rings is 2. The van der Waals surface area contributed by atoms with Crippen molar-refractivity contribution >= 4 is 27.0 Å². The van der Waals surface area contributed by atoms with Gasteiger partial charge in [-0.25, -0.2) is 9.37 Å². The lowest BCUT2D eigenvalue weighted by molar-refractivity contribution is -0.0506. The number of ether oxygens (including phenoxy) is 1. The first-order valence-electron chi connectivity index (χ1n) is 7.86. The predicted molar refractivity (Wildman–Crippen MR) is 91.6 cm³/mol. The second-order valence-corrected chi connectivity index (χ2v) is 7.02. The van der Waals surface area contributed by atoms with Crippen LogP contribution in [-0.2, 0) is 0 Å². The number of hydrogen-bond donors (Lipinski definition) is 0. The van der Waals surface area contributed by atoms with Crippen LogP contribution >= 0.6 is 15.9 Å². The second kappa shape index (κ2) is 6.05. The van der Waals surface area contributed by atoms with Gasteiger partial charge in [-0.15, -0.1) is 0 Å². The minimum atomic E-state index is -2.89. The van der Waals surface area contributed by atoms with Gasteiger partial charge in [0.25, 0.3) is 0 Å². The molecule has 130 valence electrons. The average molecular weight is 411 g/mol. The van der Waals surface area contributed by atoms with E-state index < -0.39 is 6.61 Å². The fraction of sp³-hybridized carbons (Fsp3) is 0.278. The van der Waals surface area contributed by atoms with Gasteiger partial charge in [0.2, 0.25) is 0 Å². The van der Waals surface area contributed by atoms with Crippen molar-refractivity contribution < 1.29 is 17.9 Å². The Bertz CT molecular complexity index is 957. The number of aromatic nitrogens is 2. The summed E-state index contributed by atoms with van der Waals surface area (Å²) >= 11 is 3.21. The summed E-state index contributed by atoms with van der Waals surface area (Å²) in [6.45, 7) is -0.859. The molecule has 4 rings (SSSR count). The Kier molecular flexibility index (Phi) is 3.98. The lowest BCUT2D eigenvalue weighted by Crippen LogP contribution is -2.10. The standard InChI is InChI=1S/C18H14BrF3N2O/c1-9-6-14(10-4-2-3-5-16(10)25-18(21)22)24-15-7-11(19)12(20)8-13(15)23-17(9)24/h2-5,7-9,14,18H,6H2,1H3. The lowest BCUT2D eigenvalue weighted by Gasteiger charge is -2.19. The second-order valence-electron chi connectivity index (χ2n) is 6.16. The first-order valence-corrected chi connectivity index (χ1v) is 8.65. The Balaban J connectivity index is 1.90. The minimum absolute atomic E-state index is 0.124. The van der Waals surface area contributed by atoms with E-state index in [9.17, 15) is 13.2 Å². The quantitative estimate of drug-likeness (QED) is 0.558. The van der Waals surface area contributed by atoms with Crippen LogP contribution in [-0.4, -0.2) is 16.2 Å². The molecule has 1 aromatic heterocycles. The van der Waals surface area contributed by atoms with Crippen LogP contribution in [0.1, 0.15) is 36.7 Å². The maximum Gasteiger partial charge on any atom is 0.387 e. The molecular weight excluding hydrogens is 397 g/mol. The summed E-state index contributed by atoms with van der Waals surface area (Å²) in [6.07, 6.45) is 0.719. The van der Waals surface area contributed by atoms with E-state index in [1.807, 2.05) is 11.5 Å². The Morgan fingerprint density at radius 1 is 1.28 bits per heavy atom. The summed E-state index contributed by atoms with van der Waals surface area (Å²) in [5, 5.41) is 0. The Labute approximate surface area is 150 Å². The zero-order valence-electron chi connectivity index (χ0n) is 13.2. The molecule has 1 aliphatic rings. The van der Waals surface area contributed by atoms with Crippen molar-refractivity contribution in [3.8, 4) is 5.75 Å². The van der Waals surface area contributed by atoms with Crippen molar-refractivity contribution in [2.75, 3.05) is 0 Å². The number of para-hydroxylation sites is 1. The molecule has 3 nitrogen and oxygen atoms in total. The number of alkyl halides is 2. The van der Waals surface area contributed by atoms with E-state index in [0.29, 0.717) is 15.6 Å². The van der Waals surface area contributed by atoms with Gasteiger partial charge in [0.05, 0.1) is 21.5 Å². The fourth-order valence-electron chi connectivity index (χ4n) is 3.56. The molecule has 25 heavy (non-hydrogen) atoms. The molecule has 0 fully saturated rings. The van der Waals surface area contributed by atoms with Crippen molar-refractivity contribution in [2.24, 2.45) is 0 Å². The molecule has 3 aromatic rings. The number of halogens is 4. The summed E-state index contributed by atoms with van der Waals surface area (Å²) in [5.41, 5.74) is 2.00. The zero-order chi connectivity index (χ0) is 17.7. The molecule has 0 bridgehead atoms. The molecule has 0 radical (unpaired) electrons. The van der Waals surface area contributed by atoms with E-state index in [2.05, 4.69) is 20.9 Å². The average Bonchev–Trinajstić information content (AvgIpc) is 3.06. The van der Waals surface area contributed by atoms with Gasteiger partial charge in [-0.1, -0.05) is 25.1 Å². The molecule has 2 aromatic carbocycles. The van der Waals surface area contributed by atoms with Crippen molar-refractivity contribution in [1.82, 2.24) is 9.55 Å². The van der Waals surface area contributed by atoms with E-state index in [1.54, 1.807) is 30.3 Å². The highest BCUT2D eigenvalue weighted by Crippen LogP contribution is 2.45. The molecule has 2 unspecified atom stereocenters. The van der Waals surface area contributed by atoms with Gasteiger partial charge in [-0.05, 0) is 34.5 Å². The molecule has 7 heteroatoms. The van der Waals surface area contributed by atoms with Crippen LogP contribution in [0.4, 0.5) is 13.2 Å². The van der Waals surface area contributed by atoms with Crippen LogP contribution in [0.15, 0.2) is 40.9 Å². The highest BCUT2D eigenvalue weighted by Gasteiger charge is 2.34. The van der Waals surface area contributed by atoms with Crippen LogP contribution in [0.25, 0.3) is 11.0 Å². The predicted octanol–water partition coefficient (Wildman–Crippen LogP) is 5.64. The fourth-order valence-corrected chi connectivity index (χ4v) is 3.89. The largest absolute Gasteiger partial charge is 0.434 e. The minimum Gasteiger partial charge on any atom is -0.434 e. The van der Waals surface area contributed by atoms with Gasteiger partial charge in [0, 0.05) is 17.5 Å². The molecular formula is C18H14BrF3N2O. The summed E-state index contributed by atoms with van der Waals surface area (Å²) in [6, 6.07) is 9.66. The Hall–Kier alpha value is -2.02. The van der Waals surface area contributed by atoms with Crippen LogP contribution in [0.2, 0.25) is 0 Å². The molecule has 0 N–H and O–H groups in total. The van der Waals surface area contributed by atoms with Crippen LogP contribution in [0.3, 0.4) is 0 Å². The third-order valence-corrected chi connectivity index (χ3v) is 5.19. The van der Waals surface area contributed by atoms with Crippen molar-refractivity contribution in [1.29, 1.82) is 0 Å². The van der Waals surface area contributed by atoms with Crippen molar-refractivity contribution in [3.05, 3.63) is 58.1 Å². The molecule has 1 aliphatic heterocycles. The SMILES string of the molecule is CC1CC(c2ccccc2OC(F)F)n2c1nc1cc(F)c(Br)cc12. The lowest BCUT2D eigenvalue weighted by atomic mass is 9.99. The first-order chi connectivity index (χ1) is 12.0. The normalized spacial score (nSPS) is 19.6. The van der Waals surface area contributed by atoms with E-state index in [0.717, 1.165) is 17.8 Å². The van der Waals surface area contributed by atoms with E-state index in [1.165, 1.54) is 6.07 Å². The Morgan fingerprint density at radius 2 is 2.04 bits per heavy atom. The number of rotatable bonds is 3. The highest BCUT2D eigenvalue weighted by atomic mass is 79.9. The molecule has 0 aliphatic carbocycles. The van der Waals surface area contributed by atoms with Crippen molar-refractivity contribution in [2.45, 2.75) is 31.9 Å². The van der Waals surface area contributed by atoms with E-state index >= 15 is 0 Å². The van der Waals surface area contributed by atoms with E-state index in [4.69, 9.17) is 4.74 Å². The topological polar surface area (TPSA) is 27.1 Å². The van der Waals surface area contributed by atoms with Crippen LogP contribution in [0.5, 0.6) is 5.75 Å². The molecule has 0 saturated carbocycles. The van der Waals surface area contributed by atoms with E-state index in [-0.39, 0.29) is 23.5 Å². The smallest absolute Gasteiger partial charge is 0.387 e. The van der Waals surface area contributed by atoms with Gasteiger partial charge in [-0.3, -0.25) is 0 Å². The van der Waals surface area contributed by atoms with Gasteiger partial charge >= 0.3 is 6.61 Å². The third-order valence-electron chi connectivity index (χ3n) is 4.58. The summed E-state index contributed by atoms with van der Waals surface area (Å²) in [5.74, 6) is 0.726. The number of nitrogens with zero attached hydrogens (tertiary/aromatic N) is 2. The van der Waals surface area contributed by atoms with Gasteiger partial charge in [0.15, 0.2) is 0 Å². The molecule has 0 saturated heterocycles. The molecule has 2 heterocycles. The maximum atomic E-state index is 13.8. The van der Waals surface area contributed by atoms with Crippen LogP contribution < -0.4 is 4.74 Å². The number of imidazole rings is 1. The monoisotopic (exact) mass is 410 g/mol. The first kappa shape index (κ1) is 16.4. The van der Waals surface area contributed by atoms with Gasteiger partial charge < -0.3 is 9.30 Å². The summed E-state index contributed by atoms with van der Waals surface area (Å²) in [7, 11) is 0. The Morgan fingerprint density at radius 3 is 2.80 bits per heavy atom. The third kappa shape index (κ3) is 2.70. The summed E-state index contributed by atoms with van der Waals surface area (Å²) in [4.78, 5) is 4.56. The highest BCUT2D eigenvalue weighted by molar-refractivity contribution is 9.10.